The maximum absolute atomic E-state index is 14.3. The van der Waals surface area contributed by atoms with Crippen LogP contribution in [0.25, 0.3) is 0 Å². The molecule has 0 radical (unpaired) electrons. The molecule has 2 aromatic rings. The van der Waals surface area contributed by atoms with Gasteiger partial charge in [-0.15, -0.1) is 6.58 Å². The van der Waals surface area contributed by atoms with Crippen LogP contribution >= 0.6 is 0 Å². The van der Waals surface area contributed by atoms with Gasteiger partial charge < -0.3 is 49.0 Å². The van der Waals surface area contributed by atoms with E-state index < -0.39 is 36.2 Å². The Morgan fingerprint density at radius 3 is 2.36 bits per heavy atom. The van der Waals surface area contributed by atoms with Gasteiger partial charge in [-0.25, -0.2) is 9.59 Å². The molecule has 13 nitrogen and oxygen atoms in total. The van der Waals surface area contributed by atoms with Crippen LogP contribution in [0.4, 0.5) is 9.59 Å². The Morgan fingerprint density at radius 2 is 1.66 bits per heavy atom. The normalized spacial score (nSPS) is 24.7. The highest BCUT2D eigenvalue weighted by Gasteiger charge is 2.65. The van der Waals surface area contributed by atoms with Crippen LogP contribution in [0, 0.1) is 17.8 Å². The van der Waals surface area contributed by atoms with Gasteiger partial charge in [-0.1, -0.05) is 125 Å². The summed E-state index contributed by atoms with van der Waals surface area (Å²) in [4.78, 5) is 35.4. The third-order valence-electron chi connectivity index (χ3n) is 14.0. The number of aliphatic hydroxyl groups excluding tert-OH is 2. The van der Waals surface area contributed by atoms with Gasteiger partial charge in [-0.2, -0.15) is 0 Å². The van der Waals surface area contributed by atoms with Crippen molar-refractivity contribution in [2.24, 2.45) is 22.9 Å². The van der Waals surface area contributed by atoms with E-state index in [2.05, 4.69) is 24.9 Å². The lowest BCUT2D eigenvalue weighted by molar-refractivity contribution is -0.254. The minimum absolute atomic E-state index is 0.00620. The van der Waals surface area contributed by atoms with Crippen LogP contribution in [0.2, 0.25) is 0 Å². The highest BCUT2D eigenvalue weighted by Crippen LogP contribution is 2.62. The zero-order valence-corrected chi connectivity index (χ0v) is 40.4. The Bertz CT molecular complexity index is 1890. The van der Waals surface area contributed by atoms with Crippen molar-refractivity contribution in [3.63, 3.8) is 0 Å². The average molecular weight is 930 g/mol. The molecule has 0 spiro atoms. The minimum atomic E-state index is -1.45. The number of carbonyl (C=O) groups excluding carboxylic acids is 2. The van der Waals surface area contributed by atoms with Crippen molar-refractivity contribution in [2.75, 3.05) is 40.0 Å². The Morgan fingerprint density at radius 1 is 0.925 bits per heavy atom. The third-order valence-corrected chi connectivity index (χ3v) is 14.0. The van der Waals surface area contributed by atoms with E-state index in [1.165, 1.54) is 44.9 Å². The first-order valence-electron chi connectivity index (χ1n) is 25.6. The van der Waals surface area contributed by atoms with Gasteiger partial charge in [-0.3, -0.25) is 0 Å². The van der Waals surface area contributed by atoms with Gasteiger partial charge in [0, 0.05) is 51.1 Å². The standard InChI is InChI=1S/C54H79N3O10/c1-4-6-7-8-9-10-11-12-13-20-31-55-52(60)65-42-29-30-47-45(37-42)50-43(27-18-22-33-59)41(26-17-21-32-58)36-44-46(56-67-49-28-19-23-35-62-49)38-48(54(66-47,51(44)50)64-34-5-2)57(3)53(61)63-39-40-24-15-14-16-25-40/h5,14-16,24-25,29-30,36-37,41,43,48-51,58-59H,2,4,6-13,17-23,26-28,31-35,38-39H2,1,3H3,(H,55,60)/t41-,43+,48-,49?,50+,51+,54+/m0/s1. The van der Waals surface area contributed by atoms with Crippen molar-refractivity contribution in [3.8, 4) is 11.5 Å². The molecule has 1 unspecified atom stereocenters. The quantitative estimate of drug-likeness (QED) is 0.0426. The predicted molar refractivity (Wildman–Crippen MR) is 260 cm³/mol. The van der Waals surface area contributed by atoms with Crippen LogP contribution in [0.3, 0.4) is 0 Å². The van der Waals surface area contributed by atoms with E-state index in [0.29, 0.717) is 49.6 Å². The number of allylic oxidation sites excluding steroid dienone is 1. The van der Waals surface area contributed by atoms with Crippen LogP contribution in [0.5, 0.6) is 11.5 Å². The van der Waals surface area contributed by atoms with Crippen molar-refractivity contribution < 1.29 is 48.3 Å². The molecule has 2 fully saturated rings. The second-order valence-corrected chi connectivity index (χ2v) is 18.8. The van der Waals surface area contributed by atoms with Crippen molar-refractivity contribution in [1.82, 2.24) is 10.2 Å². The lowest BCUT2D eigenvalue weighted by Crippen LogP contribution is -2.69. The summed E-state index contributed by atoms with van der Waals surface area (Å²) in [6.07, 6.45) is 21.9. The molecule has 1 saturated carbocycles. The van der Waals surface area contributed by atoms with Crippen LogP contribution in [0.1, 0.15) is 152 Å². The lowest BCUT2D eigenvalue weighted by Gasteiger charge is -2.59. The molecule has 2 aliphatic carbocycles. The van der Waals surface area contributed by atoms with Gasteiger partial charge in [0.1, 0.15) is 24.1 Å². The van der Waals surface area contributed by atoms with Crippen molar-refractivity contribution in [1.29, 1.82) is 0 Å². The van der Waals surface area contributed by atoms with Gasteiger partial charge in [0.15, 0.2) is 0 Å². The topological polar surface area (TPSA) is 158 Å². The number of amides is 2. The fraction of sp³-hybridized carbons (Fsp3) is 0.648. The summed E-state index contributed by atoms with van der Waals surface area (Å²) < 4.78 is 32.2. The number of hydrogen-bond acceptors (Lipinski definition) is 11. The molecule has 2 heterocycles. The highest BCUT2D eigenvalue weighted by molar-refractivity contribution is 6.03. The number of ether oxygens (including phenoxy) is 5. The summed E-state index contributed by atoms with van der Waals surface area (Å²) in [5.41, 5.74) is 3.30. The fourth-order valence-electron chi connectivity index (χ4n) is 10.6. The maximum atomic E-state index is 14.3. The Balaban J connectivity index is 1.35. The van der Waals surface area contributed by atoms with Gasteiger partial charge in [0.05, 0.1) is 24.8 Å². The predicted octanol–water partition coefficient (Wildman–Crippen LogP) is 11.1. The summed E-state index contributed by atoms with van der Waals surface area (Å²) in [7, 11) is 1.72. The molecule has 6 rings (SSSR count). The number of benzene rings is 2. The zero-order chi connectivity index (χ0) is 47.3. The molecule has 2 amide bonds. The van der Waals surface area contributed by atoms with E-state index in [9.17, 15) is 19.8 Å². The number of nitrogens with zero attached hydrogens (tertiary/aromatic N) is 2. The monoisotopic (exact) mass is 930 g/mol. The molecular formula is C54H79N3O10. The first-order valence-corrected chi connectivity index (χ1v) is 25.6. The van der Waals surface area contributed by atoms with Crippen LogP contribution in [0.15, 0.2) is 78.0 Å². The molecule has 4 aliphatic rings. The number of likely N-dealkylation sites (N-methyl/N-ethyl adjacent to an activating group) is 1. The van der Waals surface area contributed by atoms with Crippen LogP contribution < -0.4 is 14.8 Å². The van der Waals surface area contributed by atoms with Gasteiger partial charge in [0.25, 0.3) is 0 Å². The second kappa shape index (κ2) is 27.5. The Kier molecular flexibility index (Phi) is 21.4. The molecule has 67 heavy (non-hydrogen) atoms. The number of unbranched alkanes of at least 4 members (excludes halogenated alkanes) is 11. The van der Waals surface area contributed by atoms with Crippen LogP contribution in [-0.4, -0.2) is 91.2 Å². The SMILES string of the molecule is C=CCO[C@@]12Oc3ccc(OC(=O)NCCCCCCCCCCCC)cc3[C@H]3[C@H](CCCCO)[C@@H](CCCCO)C=C(C(=NOC4CCCCO4)C[C@@H]1N(C)C(=O)OCc1ccccc1)[C@H]32. The van der Waals surface area contributed by atoms with E-state index in [1.807, 2.05) is 42.5 Å². The first-order chi connectivity index (χ1) is 32.8. The maximum Gasteiger partial charge on any atom is 0.412 e. The number of oxime groups is 1. The number of rotatable bonds is 28. The summed E-state index contributed by atoms with van der Waals surface area (Å²) in [5, 5.41) is 27.8. The van der Waals surface area contributed by atoms with E-state index in [4.69, 9.17) is 33.7 Å². The van der Waals surface area contributed by atoms with E-state index in [-0.39, 0.29) is 50.6 Å². The number of aliphatic hydroxyl groups is 2. The summed E-state index contributed by atoms with van der Waals surface area (Å²) in [6, 6.07) is 14.3. The summed E-state index contributed by atoms with van der Waals surface area (Å²) in [6.45, 7) is 7.77. The number of carbonyl (C=O) groups is 2. The molecule has 13 heteroatoms. The first kappa shape index (κ1) is 52.0. The molecule has 370 valence electrons. The number of hydrogen-bond donors (Lipinski definition) is 3. The van der Waals surface area contributed by atoms with Gasteiger partial charge in [0.2, 0.25) is 12.1 Å². The molecule has 0 bridgehead atoms. The zero-order valence-electron chi connectivity index (χ0n) is 40.4. The molecule has 2 aliphatic heterocycles. The molecule has 7 atom stereocenters. The third kappa shape index (κ3) is 14.3. The second-order valence-electron chi connectivity index (χ2n) is 18.8. The lowest BCUT2D eigenvalue weighted by atomic mass is 9.55. The van der Waals surface area contributed by atoms with Crippen molar-refractivity contribution in [3.05, 3.63) is 84.0 Å². The van der Waals surface area contributed by atoms with E-state index in [1.54, 1.807) is 24.1 Å². The van der Waals surface area contributed by atoms with E-state index in [0.717, 1.165) is 74.5 Å². The molecule has 3 N–H and O–H groups in total. The Labute approximate surface area is 399 Å². The summed E-state index contributed by atoms with van der Waals surface area (Å²) >= 11 is 0. The Hall–Kier alpha value is -4.43. The molecule has 2 aromatic carbocycles. The number of nitrogens with one attached hydrogen (secondary N) is 1. The minimum Gasteiger partial charge on any atom is -0.459 e. The summed E-state index contributed by atoms with van der Waals surface area (Å²) in [5.74, 6) is -1.24. The largest absolute Gasteiger partial charge is 0.459 e. The number of fused-ring (bicyclic) bond motifs is 2. The van der Waals surface area contributed by atoms with Gasteiger partial charge in [-0.05, 0) is 86.1 Å². The highest BCUT2D eigenvalue weighted by atomic mass is 16.8. The molecular weight excluding hydrogens is 851 g/mol. The van der Waals surface area contributed by atoms with E-state index >= 15 is 0 Å². The van der Waals surface area contributed by atoms with Crippen molar-refractivity contribution >= 4 is 17.9 Å². The van der Waals surface area contributed by atoms with Gasteiger partial charge >= 0.3 is 12.2 Å². The molecule has 1 saturated heterocycles. The average Bonchev–Trinajstić information content (AvgIpc) is 3.35. The van der Waals surface area contributed by atoms with Crippen molar-refractivity contribution in [2.45, 2.75) is 166 Å². The van der Waals surface area contributed by atoms with Crippen LogP contribution in [-0.2, 0) is 25.7 Å². The fourth-order valence-corrected chi connectivity index (χ4v) is 10.6. The smallest absolute Gasteiger partial charge is 0.412 e. The molecule has 0 aromatic heterocycles.